The minimum atomic E-state index is -0.569. The van der Waals surface area contributed by atoms with E-state index in [1.165, 1.54) is 0 Å². The molecule has 0 spiro atoms. The van der Waals surface area contributed by atoms with Crippen LogP contribution in [-0.2, 0) is 0 Å². The van der Waals surface area contributed by atoms with Crippen LogP contribution in [0.2, 0.25) is 0 Å². The van der Waals surface area contributed by atoms with Gasteiger partial charge < -0.3 is 10.8 Å². The monoisotopic (exact) mass is 229 g/mol. The van der Waals surface area contributed by atoms with Gasteiger partial charge in [-0.1, -0.05) is 28.1 Å². The van der Waals surface area contributed by atoms with E-state index in [4.69, 9.17) is 5.73 Å². The molecule has 0 aliphatic carbocycles. The maximum absolute atomic E-state index is 9.45. The minimum Gasteiger partial charge on any atom is -0.387 e. The van der Waals surface area contributed by atoms with Crippen molar-refractivity contribution in [2.45, 2.75) is 13.0 Å². The summed E-state index contributed by atoms with van der Waals surface area (Å²) in [5.41, 5.74) is 7.35. The molecule has 0 radical (unpaired) electrons. The van der Waals surface area contributed by atoms with Crippen LogP contribution in [-0.4, -0.2) is 11.7 Å². The zero-order valence-corrected chi connectivity index (χ0v) is 8.51. The van der Waals surface area contributed by atoms with Crippen molar-refractivity contribution in [1.82, 2.24) is 0 Å². The average molecular weight is 230 g/mol. The highest BCUT2D eigenvalue weighted by Gasteiger charge is 2.08. The number of rotatable bonds is 2. The third kappa shape index (κ3) is 2.06. The molecule has 0 saturated heterocycles. The van der Waals surface area contributed by atoms with Gasteiger partial charge in [0.15, 0.2) is 0 Å². The molecule has 3 heteroatoms. The molecule has 2 nitrogen and oxygen atoms in total. The zero-order valence-electron chi connectivity index (χ0n) is 6.92. The van der Waals surface area contributed by atoms with E-state index in [9.17, 15) is 5.11 Å². The Morgan fingerprint density at radius 1 is 1.58 bits per heavy atom. The van der Waals surface area contributed by atoms with Crippen molar-refractivity contribution in [3.63, 3.8) is 0 Å². The summed E-state index contributed by atoms with van der Waals surface area (Å²) in [6.45, 7) is 2.25. The maximum atomic E-state index is 9.45. The molecule has 0 aliphatic heterocycles. The summed E-state index contributed by atoms with van der Waals surface area (Å²) < 4.78 is 0.917. The van der Waals surface area contributed by atoms with E-state index in [2.05, 4.69) is 15.9 Å². The second kappa shape index (κ2) is 4.03. The largest absolute Gasteiger partial charge is 0.387 e. The highest BCUT2D eigenvalue weighted by atomic mass is 79.9. The van der Waals surface area contributed by atoms with Crippen molar-refractivity contribution in [3.8, 4) is 0 Å². The summed E-state index contributed by atoms with van der Waals surface area (Å²) in [6.07, 6.45) is -0.569. The molecule has 3 N–H and O–H groups in total. The van der Waals surface area contributed by atoms with Crippen molar-refractivity contribution >= 4 is 15.9 Å². The van der Waals surface area contributed by atoms with Gasteiger partial charge in [-0.05, 0) is 24.1 Å². The molecule has 0 saturated carbocycles. The van der Waals surface area contributed by atoms with Crippen LogP contribution in [0, 0.1) is 6.92 Å². The smallest absolute Gasteiger partial charge is 0.0923 e. The zero-order chi connectivity index (χ0) is 9.14. The Morgan fingerprint density at radius 2 is 2.25 bits per heavy atom. The van der Waals surface area contributed by atoms with Crippen LogP contribution >= 0.6 is 15.9 Å². The van der Waals surface area contributed by atoms with Gasteiger partial charge in [-0.25, -0.2) is 0 Å². The van der Waals surface area contributed by atoms with Gasteiger partial charge in [-0.15, -0.1) is 0 Å². The van der Waals surface area contributed by atoms with Gasteiger partial charge in [-0.3, -0.25) is 0 Å². The molecule has 0 amide bonds. The first kappa shape index (κ1) is 9.71. The van der Waals surface area contributed by atoms with Crippen LogP contribution in [0.1, 0.15) is 17.2 Å². The summed E-state index contributed by atoms with van der Waals surface area (Å²) in [4.78, 5) is 0. The molecule has 0 aliphatic rings. The molecular weight excluding hydrogens is 218 g/mol. The van der Waals surface area contributed by atoms with E-state index in [1.807, 2.05) is 25.1 Å². The standard InChI is InChI=1S/C9H12BrNO/c1-6-2-3-7(8(10)4-6)9(12)5-11/h2-4,9,12H,5,11H2,1H3/t9-/m0/s1. The van der Waals surface area contributed by atoms with Crippen molar-refractivity contribution in [2.24, 2.45) is 5.73 Å². The van der Waals surface area contributed by atoms with E-state index >= 15 is 0 Å². The molecule has 0 bridgehead atoms. The molecule has 1 aromatic carbocycles. The first-order valence-corrected chi connectivity index (χ1v) is 4.58. The van der Waals surface area contributed by atoms with Gasteiger partial charge in [0.2, 0.25) is 0 Å². The summed E-state index contributed by atoms with van der Waals surface area (Å²) >= 11 is 3.37. The maximum Gasteiger partial charge on any atom is 0.0923 e. The van der Waals surface area contributed by atoms with Gasteiger partial charge in [0.05, 0.1) is 6.10 Å². The minimum absolute atomic E-state index is 0.252. The normalized spacial score (nSPS) is 13.0. The van der Waals surface area contributed by atoms with Gasteiger partial charge in [0.25, 0.3) is 0 Å². The lowest BCUT2D eigenvalue weighted by molar-refractivity contribution is 0.186. The van der Waals surface area contributed by atoms with Crippen molar-refractivity contribution in [1.29, 1.82) is 0 Å². The Labute approximate surface area is 80.5 Å². The number of hydrogen-bond donors (Lipinski definition) is 2. The molecule has 0 heterocycles. The second-order valence-corrected chi connectivity index (χ2v) is 3.63. The van der Waals surface area contributed by atoms with Crippen LogP contribution in [0.15, 0.2) is 22.7 Å². The van der Waals surface area contributed by atoms with Gasteiger partial charge >= 0.3 is 0 Å². The van der Waals surface area contributed by atoms with Crippen molar-refractivity contribution in [3.05, 3.63) is 33.8 Å². The lowest BCUT2D eigenvalue weighted by atomic mass is 10.1. The predicted molar refractivity (Wildman–Crippen MR) is 52.9 cm³/mol. The number of hydrogen-bond acceptors (Lipinski definition) is 2. The molecular formula is C9H12BrNO. The third-order valence-electron chi connectivity index (χ3n) is 1.74. The molecule has 0 unspecified atom stereocenters. The quantitative estimate of drug-likeness (QED) is 0.812. The highest BCUT2D eigenvalue weighted by molar-refractivity contribution is 9.10. The summed E-state index contributed by atoms with van der Waals surface area (Å²) in [7, 11) is 0. The Kier molecular flexibility index (Phi) is 3.26. The number of aliphatic hydroxyl groups is 1. The van der Waals surface area contributed by atoms with Gasteiger partial charge in [0, 0.05) is 11.0 Å². The molecule has 0 fully saturated rings. The summed E-state index contributed by atoms with van der Waals surface area (Å²) in [6, 6.07) is 5.81. The van der Waals surface area contributed by atoms with Crippen LogP contribution < -0.4 is 5.73 Å². The fraction of sp³-hybridized carbons (Fsp3) is 0.333. The van der Waals surface area contributed by atoms with Crippen molar-refractivity contribution in [2.75, 3.05) is 6.54 Å². The number of aliphatic hydroxyl groups excluding tert-OH is 1. The second-order valence-electron chi connectivity index (χ2n) is 2.78. The predicted octanol–water partition coefficient (Wildman–Crippen LogP) is 1.75. The highest BCUT2D eigenvalue weighted by Crippen LogP contribution is 2.23. The number of halogens is 1. The Balaban J connectivity index is 3.01. The van der Waals surface area contributed by atoms with Crippen LogP contribution in [0.3, 0.4) is 0 Å². The fourth-order valence-corrected chi connectivity index (χ4v) is 1.79. The van der Waals surface area contributed by atoms with E-state index < -0.39 is 6.10 Å². The van der Waals surface area contributed by atoms with Crippen molar-refractivity contribution < 1.29 is 5.11 Å². The summed E-state index contributed by atoms with van der Waals surface area (Å²) in [5.74, 6) is 0. The van der Waals surface area contributed by atoms with E-state index in [-0.39, 0.29) is 6.54 Å². The van der Waals surface area contributed by atoms with E-state index in [0.717, 1.165) is 15.6 Å². The Bertz CT molecular complexity index is 275. The first-order chi connectivity index (χ1) is 5.65. The van der Waals surface area contributed by atoms with Gasteiger partial charge in [-0.2, -0.15) is 0 Å². The number of nitrogens with two attached hydrogens (primary N) is 1. The molecule has 1 atom stereocenters. The first-order valence-electron chi connectivity index (χ1n) is 3.79. The number of aryl methyl sites for hydroxylation is 1. The molecule has 1 rings (SSSR count). The molecule has 12 heavy (non-hydrogen) atoms. The third-order valence-corrected chi connectivity index (χ3v) is 2.42. The summed E-state index contributed by atoms with van der Waals surface area (Å²) in [5, 5.41) is 9.45. The average Bonchev–Trinajstić information content (AvgIpc) is 2.03. The number of benzene rings is 1. The van der Waals surface area contributed by atoms with Crippen LogP contribution in [0.25, 0.3) is 0 Å². The lowest BCUT2D eigenvalue weighted by Gasteiger charge is -2.10. The lowest BCUT2D eigenvalue weighted by Crippen LogP contribution is -2.11. The molecule has 66 valence electrons. The fourth-order valence-electron chi connectivity index (χ4n) is 1.03. The SMILES string of the molecule is Cc1ccc([C@@H](O)CN)c(Br)c1. The Morgan fingerprint density at radius 3 is 2.75 bits per heavy atom. The van der Waals surface area contributed by atoms with E-state index in [1.54, 1.807) is 0 Å². The van der Waals surface area contributed by atoms with Crippen LogP contribution in [0.5, 0.6) is 0 Å². The van der Waals surface area contributed by atoms with Crippen LogP contribution in [0.4, 0.5) is 0 Å². The molecule has 1 aromatic rings. The Hall–Kier alpha value is -0.380. The topological polar surface area (TPSA) is 46.2 Å². The van der Waals surface area contributed by atoms with E-state index in [0.29, 0.717) is 0 Å². The molecule has 0 aromatic heterocycles. The van der Waals surface area contributed by atoms with Gasteiger partial charge in [0.1, 0.15) is 0 Å².